The van der Waals surface area contributed by atoms with Gasteiger partial charge in [0, 0.05) is 17.1 Å². The van der Waals surface area contributed by atoms with E-state index in [2.05, 4.69) is 24.4 Å². The third kappa shape index (κ3) is 5.77. The molecule has 2 aromatic rings. The van der Waals surface area contributed by atoms with E-state index in [1.54, 1.807) is 7.11 Å². The van der Waals surface area contributed by atoms with E-state index < -0.39 is 0 Å². The zero-order valence-electron chi connectivity index (χ0n) is 13.8. The Morgan fingerprint density at radius 2 is 1.87 bits per heavy atom. The Hall–Kier alpha value is -1.71. The number of hydrogen-bond acceptors (Lipinski definition) is 3. The molecule has 0 atom stereocenters. The Bertz CT molecular complexity index is 599. The second-order valence-corrected chi connectivity index (χ2v) is 5.81. The van der Waals surface area contributed by atoms with Gasteiger partial charge in [-0.05, 0) is 55.3 Å². The van der Waals surface area contributed by atoms with Crippen LogP contribution in [0.1, 0.15) is 24.5 Å². The SMILES string of the molecule is CCCOc1ccc(Cl)cc1CNCCc1ccc(OC)cc1. The van der Waals surface area contributed by atoms with Gasteiger partial charge in [-0.25, -0.2) is 0 Å². The molecule has 0 heterocycles. The maximum atomic E-state index is 6.09. The summed E-state index contributed by atoms with van der Waals surface area (Å²) in [4.78, 5) is 0. The molecule has 2 rings (SSSR count). The summed E-state index contributed by atoms with van der Waals surface area (Å²) in [5.41, 5.74) is 2.38. The van der Waals surface area contributed by atoms with E-state index in [0.29, 0.717) is 0 Å². The molecular formula is C19H24ClNO2. The monoisotopic (exact) mass is 333 g/mol. The molecule has 0 aromatic heterocycles. The minimum atomic E-state index is 0.723. The summed E-state index contributed by atoms with van der Waals surface area (Å²) >= 11 is 6.09. The summed E-state index contributed by atoms with van der Waals surface area (Å²) in [6.07, 6.45) is 1.96. The zero-order valence-corrected chi connectivity index (χ0v) is 14.5. The first kappa shape index (κ1) is 17.6. The van der Waals surface area contributed by atoms with Crippen LogP contribution in [0.2, 0.25) is 5.02 Å². The van der Waals surface area contributed by atoms with Crippen molar-refractivity contribution in [1.82, 2.24) is 5.32 Å². The van der Waals surface area contributed by atoms with Crippen molar-refractivity contribution in [1.29, 1.82) is 0 Å². The van der Waals surface area contributed by atoms with Crippen LogP contribution in [0.4, 0.5) is 0 Å². The van der Waals surface area contributed by atoms with Gasteiger partial charge >= 0.3 is 0 Å². The van der Waals surface area contributed by atoms with Crippen LogP contribution in [0, 0.1) is 0 Å². The fourth-order valence-electron chi connectivity index (χ4n) is 2.29. The molecule has 0 spiro atoms. The summed E-state index contributed by atoms with van der Waals surface area (Å²) in [5, 5.41) is 4.19. The average molecular weight is 334 g/mol. The molecule has 2 aromatic carbocycles. The van der Waals surface area contributed by atoms with Crippen molar-refractivity contribution in [3.8, 4) is 11.5 Å². The summed E-state index contributed by atoms with van der Waals surface area (Å²) < 4.78 is 10.9. The zero-order chi connectivity index (χ0) is 16.5. The van der Waals surface area contributed by atoms with Gasteiger partial charge in [-0.2, -0.15) is 0 Å². The van der Waals surface area contributed by atoms with Crippen molar-refractivity contribution < 1.29 is 9.47 Å². The van der Waals surface area contributed by atoms with Crippen molar-refractivity contribution in [2.24, 2.45) is 0 Å². The van der Waals surface area contributed by atoms with Gasteiger partial charge < -0.3 is 14.8 Å². The molecule has 23 heavy (non-hydrogen) atoms. The molecule has 0 bridgehead atoms. The average Bonchev–Trinajstić information content (AvgIpc) is 2.58. The van der Waals surface area contributed by atoms with Crippen molar-refractivity contribution in [3.05, 3.63) is 58.6 Å². The molecular weight excluding hydrogens is 310 g/mol. The lowest BCUT2D eigenvalue weighted by Crippen LogP contribution is -2.17. The highest BCUT2D eigenvalue weighted by atomic mass is 35.5. The highest BCUT2D eigenvalue weighted by Crippen LogP contribution is 2.23. The van der Waals surface area contributed by atoms with Gasteiger partial charge in [-0.15, -0.1) is 0 Å². The van der Waals surface area contributed by atoms with Gasteiger partial charge in [0.05, 0.1) is 13.7 Å². The molecule has 0 fully saturated rings. The predicted molar refractivity (Wildman–Crippen MR) is 95.6 cm³/mol. The molecule has 124 valence electrons. The van der Waals surface area contributed by atoms with Crippen LogP contribution in [0.25, 0.3) is 0 Å². The van der Waals surface area contributed by atoms with E-state index in [1.807, 2.05) is 30.3 Å². The molecule has 0 aliphatic carbocycles. The Kier molecular flexibility index (Phi) is 7.24. The lowest BCUT2D eigenvalue weighted by molar-refractivity contribution is 0.313. The number of rotatable bonds is 9. The highest BCUT2D eigenvalue weighted by molar-refractivity contribution is 6.30. The van der Waals surface area contributed by atoms with Gasteiger partial charge in [0.25, 0.3) is 0 Å². The number of methoxy groups -OCH3 is 1. The van der Waals surface area contributed by atoms with Crippen molar-refractivity contribution in [3.63, 3.8) is 0 Å². The number of ether oxygens (including phenoxy) is 2. The Morgan fingerprint density at radius 1 is 1.09 bits per heavy atom. The third-order valence-electron chi connectivity index (χ3n) is 3.55. The quantitative estimate of drug-likeness (QED) is 0.687. The molecule has 0 amide bonds. The molecule has 1 N–H and O–H groups in total. The first-order chi connectivity index (χ1) is 11.2. The molecule has 0 saturated carbocycles. The van der Waals surface area contributed by atoms with Crippen LogP contribution >= 0.6 is 11.6 Å². The van der Waals surface area contributed by atoms with E-state index >= 15 is 0 Å². The molecule has 3 nitrogen and oxygen atoms in total. The summed E-state index contributed by atoms with van der Waals surface area (Å²) in [6, 6.07) is 13.9. The smallest absolute Gasteiger partial charge is 0.123 e. The van der Waals surface area contributed by atoms with Crippen molar-refractivity contribution in [2.75, 3.05) is 20.3 Å². The standard InChI is InChI=1S/C19H24ClNO2/c1-3-12-23-19-9-6-17(20)13-16(19)14-21-11-10-15-4-7-18(22-2)8-5-15/h4-9,13,21H,3,10-12,14H2,1-2H3. The van der Waals surface area contributed by atoms with E-state index in [-0.39, 0.29) is 0 Å². The minimum Gasteiger partial charge on any atom is -0.497 e. The fourth-order valence-corrected chi connectivity index (χ4v) is 2.48. The van der Waals surface area contributed by atoms with Crippen LogP contribution in [0.5, 0.6) is 11.5 Å². The van der Waals surface area contributed by atoms with E-state index in [9.17, 15) is 0 Å². The first-order valence-electron chi connectivity index (χ1n) is 7.97. The van der Waals surface area contributed by atoms with Crippen LogP contribution in [-0.4, -0.2) is 20.3 Å². The largest absolute Gasteiger partial charge is 0.497 e. The van der Waals surface area contributed by atoms with Crippen LogP contribution in [-0.2, 0) is 13.0 Å². The van der Waals surface area contributed by atoms with Crippen LogP contribution in [0.15, 0.2) is 42.5 Å². The minimum absolute atomic E-state index is 0.723. The maximum absolute atomic E-state index is 6.09. The van der Waals surface area contributed by atoms with Crippen molar-refractivity contribution >= 4 is 11.6 Å². The summed E-state index contributed by atoms with van der Waals surface area (Å²) in [5.74, 6) is 1.80. The maximum Gasteiger partial charge on any atom is 0.123 e. The first-order valence-corrected chi connectivity index (χ1v) is 8.35. The summed E-state index contributed by atoms with van der Waals surface area (Å²) in [7, 11) is 1.68. The number of halogens is 1. The van der Waals surface area contributed by atoms with E-state index in [1.165, 1.54) is 5.56 Å². The van der Waals surface area contributed by atoms with Gasteiger partial charge in [0.2, 0.25) is 0 Å². The Labute approximate surface area is 143 Å². The second kappa shape index (κ2) is 9.43. The molecule has 0 radical (unpaired) electrons. The molecule has 4 heteroatoms. The molecule has 0 unspecified atom stereocenters. The Morgan fingerprint density at radius 3 is 2.57 bits per heavy atom. The lowest BCUT2D eigenvalue weighted by atomic mass is 10.1. The van der Waals surface area contributed by atoms with Crippen LogP contribution < -0.4 is 14.8 Å². The molecule has 0 aliphatic rings. The number of benzene rings is 2. The highest BCUT2D eigenvalue weighted by Gasteiger charge is 2.04. The third-order valence-corrected chi connectivity index (χ3v) is 3.78. The van der Waals surface area contributed by atoms with Gasteiger partial charge in [0.1, 0.15) is 11.5 Å². The molecule has 0 aliphatic heterocycles. The van der Waals surface area contributed by atoms with Crippen LogP contribution in [0.3, 0.4) is 0 Å². The Balaban J connectivity index is 1.84. The fraction of sp³-hybridized carbons (Fsp3) is 0.368. The van der Waals surface area contributed by atoms with E-state index in [0.717, 1.165) is 54.6 Å². The lowest BCUT2D eigenvalue weighted by Gasteiger charge is -2.12. The number of hydrogen-bond donors (Lipinski definition) is 1. The summed E-state index contributed by atoms with van der Waals surface area (Å²) in [6.45, 7) is 4.46. The van der Waals surface area contributed by atoms with Crippen molar-refractivity contribution in [2.45, 2.75) is 26.3 Å². The normalized spacial score (nSPS) is 10.6. The van der Waals surface area contributed by atoms with Gasteiger partial charge in [0.15, 0.2) is 0 Å². The van der Waals surface area contributed by atoms with Gasteiger partial charge in [-0.1, -0.05) is 30.7 Å². The predicted octanol–water partition coefficient (Wildman–Crippen LogP) is 4.47. The topological polar surface area (TPSA) is 30.5 Å². The number of nitrogens with one attached hydrogen (secondary N) is 1. The molecule has 0 saturated heterocycles. The van der Waals surface area contributed by atoms with E-state index in [4.69, 9.17) is 21.1 Å². The second-order valence-electron chi connectivity index (χ2n) is 5.38. The van der Waals surface area contributed by atoms with Gasteiger partial charge in [-0.3, -0.25) is 0 Å².